The zero-order chi connectivity index (χ0) is 17.4. The van der Waals surface area contributed by atoms with Crippen LogP contribution in [0.15, 0.2) is 12.4 Å². The van der Waals surface area contributed by atoms with E-state index in [1.807, 2.05) is 4.90 Å². The van der Waals surface area contributed by atoms with Crippen molar-refractivity contribution in [1.29, 1.82) is 0 Å². The van der Waals surface area contributed by atoms with Crippen molar-refractivity contribution in [3.63, 3.8) is 0 Å². The number of amides is 1. The van der Waals surface area contributed by atoms with Crippen molar-refractivity contribution in [1.82, 2.24) is 14.9 Å². The number of hydrogen-bond donors (Lipinski definition) is 1. The van der Waals surface area contributed by atoms with Crippen LogP contribution in [0.1, 0.15) is 44.9 Å². The van der Waals surface area contributed by atoms with Crippen molar-refractivity contribution in [2.24, 2.45) is 5.41 Å². The van der Waals surface area contributed by atoms with Crippen LogP contribution in [0.2, 0.25) is 0 Å². The van der Waals surface area contributed by atoms with Gasteiger partial charge in [0.2, 0.25) is 11.9 Å². The van der Waals surface area contributed by atoms with Crippen LogP contribution in [-0.2, 0) is 4.79 Å². The number of aliphatic hydroxyl groups is 1. The molecule has 136 valence electrons. The van der Waals surface area contributed by atoms with E-state index in [4.69, 9.17) is 0 Å². The van der Waals surface area contributed by atoms with Crippen LogP contribution in [-0.4, -0.2) is 57.7 Å². The van der Waals surface area contributed by atoms with Crippen LogP contribution < -0.4 is 4.90 Å². The maximum absolute atomic E-state index is 13.2. The van der Waals surface area contributed by atoms with Gasteiger partial charge in [0.05, 0.1) is 23.9 Å². The van der Waals surface area contributed by atoms with Crippen molar-refractivity contribution in [3.8, 4) is 0 Å². The van der Waals surface area contributed by atoms with Gasteiger partial charge >= 0.3 is 0 Å². The predicted octanol–water partition coefficient (Wildman–Crippen LogP) is 1.74. The van der Waals surface area contributed by atoms with Crippen molar-refractivity contribution in [3.05, 3.63) is 18.2 Å². The highest BCUT2D eigenvalue weighted by molar-refractivity contribution is 5.86. The molecule has 7 heteroatoms. The molecule has 6 nitrogen and oxygen atoms in total. The summed E-state index contributed by atoms with van der Waals surface area (Å²) in [5.41, 5.74) is -0.355. The average Bonchev–Trinajstić information content (AvgIpc) is 2.93. The minimum Gasteiger partial charge on any atom is -0.393 e. The largest absolute Gasteiger partial charge is 0.393 e. The van der Waals surface area contributed by atoms with Crippen molar-refractivity contribution >= 4 is 11.9 Å². The SMILES string of the molecule is O=C1N(C2CCC(O)CC2)CC[C@@]12CCCN(c1ncc(F)cn1)C2. The molecule has 3 fully saturated rings. The summed E-state index contributed by atoms with van der Waals surface area (Å²) in [4.78, 5) is 25.5. The number of nitrogens with zero attached hydrogens (tertiary/aromatic N) is 4. The quantitative estimate of drug-likeness (QED) is 0.882. The second-order valence-corrected chi connectivity index (χ2v) is 7.72. The number of carbonyl (C=O) groups excluding carboxylic acids is 1. The van der Waals surface area contributed by atoms with Gasteiger partial charge in [0, 0.05) is 25.7 Å². The lowest BCUT2D eigenvalue weighted by Gasteiger charge is -2.40. The Kier molecular flexibility index (Phi) is 4.35. The normalized spacial score (nSPS) is 33.3. The minimum absolute atomic E-state index is 0.205. The Bertz CT molecular complexity index is 632. The summed E-state index contributed by atoms with van der Waals surface area (Å²) in [6, 6.07) is 0.271. The van der Waals surface area contributed by atoms with Crippen LogP contribution in [0, 0.1) is 11.2 Å². The third-order valence-electron chi connectivity index (χ3n) is 6.12. The summed E-state index contributed by atoms with van der Waals surface area (Å²) in [6.07, 6.45) is 8.21. The smallest absolute Gasteiger partial charge is 0.230 e. The van der Waals surface area contributed by atoms with Crippen LogP contribution in [0.3, 0.4) is 0 Å². The molecule has 1 atom stereocenters. The molecule has 3 heterocycles. The van der Waals surface area contributed by atoms with Gasteiger partial charge in [0.25, 0.3) is 0 Å². The third kappa shape index (κ3) is 3.10. The highest BCUT2D eigenvalue weighted by Gasteiger charge is 2.50. The maximum Gasteiger partial charge on any atom is 0.230 e. The lowest BCUT2D eigenvalue weighted by atomic mass is 9.78. The van der Waals surface area contributed by atoms with E-state index in [0.29, 0.717) is 12.5 Å². The first-order valence-electron chi connectivity index (χ1n) is 9.29. The molecule has 0 radical (unpaired) electrons. The number of piperidine rings is 1. The average molecular weight is 348 g/mol. The molecule has 0 aromatic carbocycles. The van der Waals surface area contributed by atoms with Crippen LogP contribution in [0.4, 0.5) is 10.3 Å². The van der Waals surface area contributed by atoms with Gasteiger partial charge in [-0.1, -0.05) is 0 Å². The molecule has 1 N–H and O–H groups in total. The van der Waals surface area contributed by atoms with Gasteiger partial charge in [-0.2, -0.15) is 0 Å². The molecule has 1 spiro atoms. The number of likely N-dealkylation sites (tertiary alicyclic amines) is 1. The standard InChI is InChI=1S/C18H25FN4O2/c19-13-10-20-17(21-11-13)22-8-1-6-18(12-22)7-9-23(16(18)25)14-2-4-15(24)5-3-14/h10-11,14-15,24H,1-9,12H2/t14?,15?,18-/m1/s1. The van der Waals surface area contributed by atoms with Crippen molar-refractivity contribution < 1.29 is 14.3 Å². The van der Waals surface area contributed by atoms with E-state index in [1.165, 1.54) is 12.4 Å². The van der Waals surface area contributed by atoms with Gasteiger partial charge in [-0.05, 0) is 44.9 Å². The molecule has 1 aliphatic carbocycles. The molecule has 4 rings (SSSR count). The molecule has 1 aromatic rings. The number of halogens is 1. The van der Waals surface area contributed by atoms with Crippen molar-refractivity contribution in [2.45, 2.75) is 57.1 Å². The first-order valence-corrected chi connectivity index (χ1v) is 9.29. The van der Waals surface area contributed by atoms with Gasteiger partial charge in [0.1, 0.15) is 0 Å². The maximum atomic E-state index is 13.2. The Morgan fingerprint density at radius 2 is 1.84 bits per heavy atom. The third-order valence-corrected chi connectivity index (χ3v) is 6.12. The van der Waals surface area contributed by atoms with Crippen molar-refractivity contribution in [2.75, 3.05) is 24.5 Å². The Hall–Kier alpha value is -1.76. The highest BCUT2D eigenvalue weighted by atomic mass is 19.1. The van der Waals surface area contributed by atoms with Gasteiger partial charge in [-0.15, -0.1) is 0 Å². The topological polar surface area (TPSA) is 69.6 Å². The van der Waals surface area contributed by atoms with E-state index in [1.54, 1.807) is 0 Å². The number of anilines is 1. The molecule has 2 saturated heterocycles. The number of aliphatic hydroxyl groups excluding tert-OH is 1. The van der Waals surface area contributed by atoms with E-state index in [0.717, 1.165) is 58.0 Å². The molecule has 3 aliphatic rings. The molecular formula is C18H25FN4O2. The van der Waals surface area contributed by atoms with Crippen LogP contribution in [0.25, 0.3) is 0 Å². The summed E-state index contributed by atoms with van der Waals surface area (Å²) in [5, 5.41) is 9.71. The van der Waals surface area contributed by atoms with E-state index in [-0.39, 0.29) is 23.5 Å². The van der Waals surface area contributed by atoms with Gasteiger partial charge in [-0.25, -0.2) is 14.4 Å². The monoisotopic (exact) mass is 348 g/mol. The van der Waals surface area contributed by atoms with Gasteiger partial charge in [0.15, 0.2) is 5.82 Å². The molecule has 0 bridgehead atoms. The molecule has 2 aliphatic heterocycles. The zero-order valence-corrected chi connectivity index (χ0v) is 14.4. The number of carbonyl (C=O) groups is 1. The molecule has 1 aromatic heterocycles. The second-order valence-electron chi connectivity index (χ2n) is 7.72. The molecule has 1 saturated carbocycles. The highest BCUT2D eigenvalue weighted by Crippen LogP contribution is 2.43. The van der Waals surface area contributed by atoms with Crippen LogP contribution in [0.5, 0.6) is 0 Å². The molecule has 0 unspecified atom stereocenters. The fourth-order valence-corrected chi connectivity index (χ4v) is 4.72. The van der Waals surface area contributed by atoms with Gasteiger partial charge in [-0.3, -0.25) is 4.79 Å². The van der Waals surface area contributed by atoms with E-state index >= 15 is 0 Å². The second kappa shape index (κ2) is 6.52. The molecular weight excluding hydrogens is 323 g/mol. The predicted molar refractivity (Wildman–Crippen MR) is 90.5 cm³/mol. The number of rotatable bonds is 2. The summed E-state index contributed by atoms with van der Waals surface area (Å²) < 4.78 is 13.1. The number of hydrogen-bond acceptors (Lipinski definition) is 5. The summed E-state index contributed by atoms with van der Waals surface area (Å²) >= 11 is 0. The fraction of sp³-hybridized carbons (Fsp3) is 0.722. The van der Waals surface area contributed by atoms with E-state index < -0.39 is 5.82 Å². The lowest BCUT2D eigenvalue weighted by Crippen LogP contribution is -2.50. The molecule has 1 amide bonds. The summed E-state index contributed by atoms with van der Waals surface area (Å²) in [5.74, 6) is 0.311. The first kappa shape index (κ1) is 16.7. The Labute approximate surface area is 147 Å². The first-order chi connectivity index (χ1) is 12.1. The Morgan fingerprint density at radius 1 is 1.12 bits per heavy atom. The van der Waals surface area contributed by atoms with Gasteiger partial charge < -0.3 is 14.9 Å². The van der Waals surface area contributed by atoms with E-state index in [9.17, 15) is 14.3 Å². The Balaban J connectivity index is 1.48. The summed E-state index contributed by atoms with van der Waals surface area (Å²) in [6.45, 7) is 2.22. The molecule has 25 heavy (non-hydrogen) atoms. The zero-order valence-electron chi connectivity index (χ0n) is 14.4. The van der Waals surface area contributed by atoms with E-state index in [2.05, 4.69) is 14.9 Å². The summed E-state index contributed by atoms with van der Waals surface area (Å²) in [7, 11) is 0. The number of aromatic nitrogens is 2. The minimum atomic E-state index is -0.446. The fourth-order valence-electron chi connectivity index (χ4n) is 4.72. The Morgan fingerprint density at radius 3 is 2.56 bits per heavy atom. The lowest BCUT2D eigenvalue weighted by molar-refractivity contribution is -0.139. The van der Waals surface area contributed by atoms with Crippen LogP contribution >= 0.6 is 0 Å².